The van der Waals surface area contributed by atoms with Gasteiger partial charge in [0.15, 0.2) is 6.61 Å². The number of nitrogens with zero attached hydrogens (tertiary/aromatic N) is 2. The van der Waals surface area contributed by atoms with Gasteiger partial charge in [0.05, 0.1) is 19.1 Å². The number of H-pyrrole nitrogens is 1. The van der Waals surface area contributed by atoms with Crippen molar-refractivity contribution in [2.75, 3.05) is 13.2 Å². The summed E-state index contributed by atoms with van der Waals surface area (Å²) in [6.07, 6.45) is 3.91. The number of aromatic amines is 1. The zero-order valence-corrected chi connectivity index (χ0v) is 19.7. The number of hydrogen-bond donors (Lipinski definition) is 3. The molecule has 3 N–H and O–H groups in total. The molecule has 1 atom stereocenters. The van der Waals surface area contributed by atoms with Gasteiger partial charge < -0.3 is 24.5 Å². The maximum absolute atomic E-state index is 12.7. The van der Waals surface area contributed by atoms with E-state index in [4.69, 9.17) is 14.2 Å². The molecule has 2 aromatic carbocycles. The smallest absolute Gasteiger partial charge is 0.408 e. The highest BCUT2D eigenvalue weighted by Gasteiger charge is 2.22. The second-order valence-electron chi connectivity index (χ2n) is 7.44. The lowest BCUT2D eigenvalue weighted by atomic mass is 10.1. The minimum Gasteiger partial charge on any atom is -0.482 e. The summed E-state index contributed by atoms with van der Waals surface area (Å²) in [5.41, 5.74) is 4.58. The molecule has 11 heteroatoms. The van der Waals surface area contributed by atoms with E-state index >= 15 is 0 Å². The Bertz CT molecular complexity index is 1130. The number of esters is 1. The standard InChI is InChI=1S/C25H27N5O6/c1-2-34-23(31)16-35-21-10-8-18(9-11-21)13-28-30-24(32)22(12-20-14-26-17-27-20)29-25(33)36-15-19-6-4-3-5-7-19/h3-11,13-14,17,22H,2,12,15-16H2,1H3,(H,26,27)(H,29,33)(H,30,32)/b28-13-/t22-/m0/s1. The molecule has 3 rings (SSSR count). The molecule has 0 radical (unpaired) electrons. The molecule has 188 valence electrons. The molecule has 0 saturated heterocycles. The summed E-state index contributed by atoms with van der Waals surface area (Å²) in [5, 5.41) is 6.53. The number of hydrazone groups is 1. The van der Waals surface area contributed by atoms with E-state index in [1.54, 1.807) is 37.4 Å². The molecule has 0 fully saturated rings. The van der Waals surface area contributed by atoms with Crippen molar-refractivity contribution in [2.24, 2.45) is 5.10 Å². The van der Waals surface area contributed by atoms with Crippen LogP contribution < -0.4 is 15.5 Å². The van der Waals surface area contributed by atoms with Gasteiger partial charge in [-0.3, -0.25) is 4.79 Å². The van der Waals surface area contributed by atoms with Crippen LogP contribution in [0.2, 0.25) is 0 Å². The average molecular weight is 494 g/mol. The molecule has 2 amide bonds. The Morgan fingerprint density at radius 3 is 2.56 bits per heavy atom. The number of aromatic nitrogens is 2. The molecule has 11 nitrogen and oxygen atoms in total. The van der Waals surface area contributed by atoms with Crippen molar-refractivity contribution in [3.8, 4) is 5.75 Å². The summed E-state index contributed by atoms with van der Waals surface area (Å²) in [7, 11) is 0. The summed E-state index contributed by atoms with van der Waals surface area (Å²) >= 11 is 0. The van der Waals surface area contributed by atoms with Crippen molar-refractivity contribution in [3.63, 3.8) is 0 Å². The van der Waals surface area contributed by atoms with E-state index < -0.39 is 24.0 Å². The molecule has 0 saturated carbocycles. The summed E-state index contributed by atoms with van der Waals surface area (Å²) in [6.45, 7) is 1.90. The summed E-state index contributed by atoms with van der Waals surface area (Å²) < 4.78 is 15.4. The van der Waals surface area contributed by atoms with Crippen LogP contribution in [0.4, 0.5) is 4.79 Å². The first-order valence-corrected chi connectivity index (χ1v) is 11.2. The normalized spacial score (nSPS) is 11.5. The Balaban J connectivity index is 1.52. The minimum absolute atomic E-state index is 0.0721. The second-order valence-corrected chi connectivity index (χ2v) is 7.44. The zero-order valence-electron chi connectivity index (χ0n) is 19.7. The van der Waals surface area contributed by atoms with Gasteiger partial charge in [0.2, 0.25) is 0 Å². The Morgan fingerprint density at radius 1 is 1.08 bits per heavy atom. The zero-order chi connectivity index (χ0) is 25.6. The van der Waals surface area contributed by atoms with Crippen molar-refractivity contribution < 1.29 is 28.6 Å². The van der Waals surface area contributed by atoms with Gasteiger partial charge in [-0.05, 0) is 42.3 Å². The number of nitrogens with one attached hydrogen (secondary N) is 3. The minimum atomic E-state index is -0.954. The first-order valence-electron chi connectivity index (χ1n) is 11.2. The van der Waals surface area contributed by atoms with Gasteiger partial charge in [0.25, 0.3) is 5.91 Å². The number of carbonyl (C=O) groups excluding carboxylic acids is 3. The van der Waals surface area contributed by atoms with Crippen LogP contribution in [0.1, 0.15) is 23.7 Å². The number of rotatable bonds is 12. The van der Waals surface area contributed by atoms with Crippen molar-refractivity contribution in [2.45, 2.75) is 26.0 Å². The predicted octanol–water partition coefficient (Wildman–Crippen LogP) is 2.34. The van der Waals surface area contributed by atoms with Gasteiger partial charge in [-0.15, -0.1) is 0 Å². The Hall–Kier alpha value is -4.67. The van der Waals surface area contributed by atoms with E-state index in [1.165, 1.54) is 12.5 Å². The highest BCUT2D eigenvalue weighted by atomic mass is 16.6. The second kappa shape index (κ2) is 13.9. The highest BCUT2D eigenvalue weighted by molar-refractivity contribution is 5.87. The van der Waals surface area contributed by atoms with Crippen molar-refractivity contribution in [3.05, 3.63) is 83.9 Å². The number of hydrogen-bond acceptors (Lipinski definition) is 8. The maximum atomic E-state index is 12.7. The van der Waals surface area contributed by atoms with Crippen LogP contribution in [0.3, 0.4) is 0 Å². The topological polar surface area (TPSA) is 144 Å². The largest absolute Gasteiger partial charge is 0.482 e. The van der Waals surface area contributed by atoms with Gasteiger partial charge >= 0.3 is 12.1 Å². The number of imidazole rings is 1. The highest BCUT2D eigenvalue weighted by Crippen LogP contribution is 2.11. The lowest BCUT2D eigenvalue weighted by molar-refractivity contribution is -0.145. The molecule has 0 aliphatic carbocycles. The first kappa shape index (κ1) is 25.9. The molecule has 0 aliphatic heterocycles. The van der Waals surface area contributed by atoms with E-state index in [-0.39, 0.29) is 26.2 Å². The number of carbonyl (C=O) groups is 3. The lowest BCUT2D eigenvalue weighted by Crippen LogP contribution is -2.47. The fraction of sp³-hybridized carbons (Fsp3) is 0.240. The fourth-order valence-corrected chi connectivity index (χ4v) is 2.98. The number of ether oxygens (including phenoxy) is 3. The van der Waals surface area contributed by atoms with Crippen LogP contribution in [0.25, 0.3) is 0 Å². The average Bonchev–Trinajstić information content (AvgIpc) is 3.40. The van der Waals surface area contributed by atoms with Crippen LogP contribution >= 0.6 is 0 Å². The predicted molar refractivity (Wildman–Crippen MR) is 130 cm³/mol. The number of alkyl carbamates (subject to hydrolysis) is 1. The lowest BCUT2D eigenvalue weighted by Gasteiger charge is -2.16. The quantitative estimate of drug-likeness (QED) is 0.200. The number of amides is 2. The van der Waals surface area contributed by atoms with Gasteiger partial charge in [0.1, 0.15) is 18.4 Å². The van der Waals surface area contributed by atoms with Crippen molar-refractivity contribution >= 4 is 24.2 Å². The molecule has 36 heavy (non-hydrogen) atoms. The summed E-state index contributed by atoms with van der Waals surface area (Å²) in [5.74, 6) is -0.498. The maximum Gasteiger partial charge on any atom is 0.408 e. The molecule has 3 aromatic rings. The van der Waals surface area contributed by atoms with Gasteiger partial charge in [-0.25, -0.2) is 20.0 Å². The van der Waals surface area contributed by atoms with Crippen LogP contribution in [-0.2, 0) is 32.1 Å². The Labute approximate surface area is 207 Å². The molecule has 0 unspecified atom stereocenters. The third-order valence-electron chi connectivity index (χ3n) is 4.73. The molecule has 1 aromatic heterocycles. The van der Waals surface area contributed by atoms with Gasteiger partial charge in [-0.1, -0.05) is 30.3 Å². The summed E-state index contributed by atoms with van der Waals surface area (Å²) in [6, 6.07) is 15.0. The monoisotopic (exact) mass is 493 g/mol. The van der Waals surface area contributed by atoms with Gasteiger partial charge in [0, 0.05) is 18.3 Å². The Kier molecular flexibility index (Phi) is 10.0. The number of benzene rings is 2. The molecular formula is C25H27N5O6. The van der Waals surface area contributed by atoms with Crippen LogP contribution in [0, 0.1) is 0 Å². The van der Waals surface area contributed by atoms with E-state index in [1.807, 2.05) is 30.3 Å². The molecule has 0 bridgehead atoms. The first-order chi connectivity index (χ1) is 17.5. The van der Waals surface area contributed by atoms with E-state index in [0.717, 1.165) is 5.56 Å². The van der Waals surface area contributed by atoms with Crippen LogP contribution in [0.15, 0.2) is 72.2 Å². The van der Waals surface area contributed by atoms with E-state index in [2.05, 4.69) is 25.8 Å². The third kappa shape index (κ3) is 8.93. The summed E-state index contributed by atoms with van der Waals surface area (Å²) in [4.78, 5) is 43.2. The molecular weight excluding hydrogens is 466 g/mol. The molecule has 0 spiro atoms. The fourth-order valence-electron chi connectivity index (χ4n) is 2.98. The Morgan fingerprint density at radius 2 is 1.86 bits per heavy atom. The van der Waals surface area contributed by atoms with Crippen molar-refractivity contribution in [1.29, 1.82) is 0 Å². The van der Waals surface area contributed by atoms with E-state index in [0.29, 0.717) is 17.0 Å². The van der Waals surface area contributed by atoms with Crippen LogP contribution in [0.5, 0.6) is 5.75 Å². The van der Waals surface area contributed by atoms with Gasteiger partial charge in [-0.2, -0.15) is 5.10 Å². The van der Waals surface area contributed by atoms with E-state index in [9.17, 15) is 14.4 Å². The third-order valence-corrected chi connectivity index (χ3v) is 4.73. The molecule has 1 heterocycles. The SMILES string of the molecule is CCOC(=O)COc1ccc(/C=N\NC(=O)[C@H](Cc2cnc[nH]2)NC(=O)OCc2ccccc2)cc1. The molecule has 0 aliphatic rings. The van der Waals surface area contributed by atoms with Crippen molar-refractivity contribution in [1.82, 2.24) is 20.7 Å². The van der Waals surface area contributed by atoms with Crippen LogP contribution in [-0.4, -0.2) is 53.4 Å².